The second-order valence-corrected chi connectivity index (χ2v) is 6.72. The maximum absolute atomic E-state index is 12.0. The number of nitrogens with zero attached hydrogens (tertiary/aromatic N) is 1. The van der Waals surface area contributed by atoms with E-state index in [1.807, 2.05) is 30.3 Å². The van der Waals surface area contributed by atoms with E-state index < -0.39 is 10.2 Å². The Hall–Kier alpha value is -1.64. The zero-order chi connectivity index (χ0) is 16.0. The molecule has 2 rings (SSSR count). The Kier molecular flexibility index (Phi) is 5.76. The first-order valence-corrected chi connectivity index (χ1v) is 8.70. The fraction of sp³-hybridized carbons (Fsp3) is 0.500. The summed E-state index contributed by atoms with van der Waals surface area (Å²) in [5.74, 6) is 0.527. The number of nitrogens with one attached hydrogen (secondary N) is 1. The van der Waals surface area contributed by atoms with Crippen LogP contribution in [0.15, 0.2) is 30.3 Å². The van der Waals surface area contributed by atoms with Crippen LogP contribution >= 0.6 is 0 Å². The van der Waals surface area contributed by atoms with Crippen LogP contribution in [0.2, 0.25) is 0 Å². The highest BCUT2D eigenvalue weighted by Gasteiger charge is 2.28. The van der Waals surface area contributed by atoms with Crippen LogP contribution in [0.3, 0.4) is 0 Å². The number of hydrogen-bond acceptors (Lipinski definition) is 4. The lowest BCUT2D eigenvalue weighted by atomic mass is 9.97. The molecule has 0 bridgehead atoms. The Morgan fingerprint density at radius 1 is 1.27 bits per heavy atom. The summed E-state index contributed by atoms with van der Waals surface area (Å²) in [4.78, 5) is 12.0. The maximum atomic E-state index is 12.0. The van der Waals surface area contributed by atoms with Crippen LogP contribution in [0.4, 0.5) is 0 Å². The average Bonchev–Trinajstić information content (AvgIpc) is 2.52. The van der Waals surface area contributed by atoms with Gasteiger partial charge in [-0.2, -0.15) is 12.7 Å². The normalized spacial score (nSPS) is 17.1. The lowest BCUT2D eigenvalue weighted by Crippen LogP contribution is -2.45. The molecule has 122 valence electrons. The van der Waals surface area contributed by atoms with Crippen molar-refractivity contribution in [2.24, 2.45) is 11.1 Å². The zero-order valence-electron chi connectivity index (χ0n) is 12.3. The molecular weight excluding hydrogens is 306 g/mol. The summed E-state index contributed by atoms with van der Waals surface area (Å²) in [5.41, 5.74) is 0. The Labute approximate surface area is 130 Å². The molecule has 0 radical (unpaired) electrons. The SMILES string of the molecule is NS(=O)(=O)N1CCC(C(=O)NCCOc2ccccc2)CC1. The Bertz CT molecular complexity index is 583. The number of piperidine rings is 1. The van der Waals surface area contributed by atoms with Crippen LogP contribution < -0.4 is 15.2 Å². The molecule has 0 aliphatic carbocycles. The van der Waals surface area contributed by atoms with Crippen molar-refractivity contribution < 1.29 is 17.9 Å². The van der Waals surface area contributed by atoms with Gasteiger partial charge in [-0.3, -0.25) is 4.79 Å². The first-order valence-electron chi connectivity index (χ1n) is 7.20. The van der Waals surface area contributed by atoms with Gasteiger partial charge in [0.05, 0.1) is 6.54 Å². The van der Waals surface area contributed by atoms with Crippen molar-refractivity contribution in [2.75, 3.05) is 26.2 Å². The molecule has 1 heterocycles. The minimum absolute atomic E-state index is 0.0641. The van der Waals surface area contributed by atoms with Crippen LogP contribution in [0.5, 0.6) is 5.75 Å². The Morgan fingerprint density at radius 3 is 2.50 bits per heavy atom. The molecule has 0 saturated carbocycles. The van der Waals surface area contributed by atoms with E-state index in [4.69, 9.17) is 9.88 Å². The lowest BCUT2D eigenvalue weighted by molar-refractivity contribution is -0.126. The molecule has 0 atom stereocenters. The Morgan fingerprint density at radius 2 is 1.91 bits per heavy atom. The van der Waals surface area contributed by atoms with Gasteiger partial charge >= 0.3 is 0 Å². The fourth-order valence-electron chi connectivity index (χ4n) is 2.38. The summed E-state index contributed by atoms with van der Waals surface area (Å²) in [6, 6.07) is 9.37. The number of nitrogens with two attached hydrogens (primary N) is 1. The van der Waals surface area contributed by atoms with E-state index in [1.54, 1.807) is 0 Å². The molecule has 1 aliphatic heterocycles. The average molecular weight is 327 g/mol. The molecule has 3 N–H and O–H groups in total. The van der Waals surface area contributed by atoms with E-state index in [-0.39, 0.29) is 24.9 Å². The topological polar surface area (TPSA) is 102 Å². The molecule has 1 aromatic carbocycles. The molecule has 0 unspecified atom stereocenters. The van der Waals surface area contributed by atoms with Crippen molar-refractivity contribution in [2.45, 2.75) is 12.8 Å². The van der Waals surface area contributed by atoms with Crippen LogP contribution in [-0.4, -0.2) is 44.9 Å². The lowest BCUT2D eigenvalue weighted by Gasteiger charge is -2.29. The van der Waals surface area contributed by atoms with E-state index in [2.05, 4.69) is 5.32 Å². The number of amides is 1. The first kappa shape index (κ1) is 16.7. The van der Waals surface area contributed by atoms with Crippen LogP contribution in [0, 0.1) is 5.92 Å². The third kappa shape index (κ3) is 4.97. The minimum Gasteiger partial charge on any atom is -0.492 e. The standard InChI is InChI=1S/C14H21N3O4S/c15-22(19,20)17-9-6-12(7-10-17)14(18)16-8-11-21-13-4-2-1-3-5-13/h1-5,12H,6-11H2,(H,16,18)(H2,15,19,20). The van der Waals surface area contributed by atoms with E-state index >= 15 is 0 Å². The summed E-state index contributed by atoms with van der Waals surface area (Å²) in [7, 11) is -3.64. The number of carbonyl (C=O) groups excluding carboxylic acids is 1. The number of hydrogen-bond donors (Lipinski definition) is 2. The van der Waals surface area contributed by atoms with E-state index in [1.165, 1.54) is 4.31 Å². The molecule has 7 nitrogen and oxygen atoms in total. The van der Waals surface area contributed by atoms with Gasteiger partial charge in [0.15, 0.2) is 0 Å². The maximum Gasteiger partial charge on any atom is 0.276 e. The predicted molar refractivity (Wildman–Crippen MR) is 82.4 cm³/mol. The minimum atomic E-state index is -3.64. The molecule has 8 heteroatoms. The fourth-order valence-corrected chi connectivity index (χ4v) is 3.10. The smallest absolute Gasteiger partial charge is 0.276 e. The van der Waals surface area contributed by atoms with Crippen LogP contribution in [-0.2, 0) is 15.0 Å². The van der Waals surface area contributed by atoms with Gasteiger partial charge in [0.2, 0.25) is 5.91 Å². The van der Waals surface area contributed by atoms with E-state index in [0.717, 1.165) is 5.75 Å². The van der Waals surface area contributed by atoms with Gasteiger partial charge in [0.25, 0.3) is 10.2 Å². The number of carbonyl (C=O) groups is 1. The highest BCUT2D eigenvalue weighted by Crippen LogP contribution is 2.18. The van der Waals surface area contributed by atoms with E-state index in [0.29, 0.717) is 26.0 Å². The van der Waals surface area contributed by atoms with E-state index in [9.17, 15) is 13.2 Å². The molecular formula is C14H21N3O4S. The van der Waals surface area contributed by atoms with Gasteiger partial charge in [-0.15, -0.1) is 0 Å². The molecule has 0 spiro atoms. The summed E-state index contributed by atoms with van der Waals surface area (Å²) in [6.45, 7) is 1.39. The van der Waals surface area contributed by atoms with Crippen LogP contribution in [0.1, 0.15) is 12.8 Å². The number of para-hydroxylation sites is 1. The van der Waals surface area contributed by atoms with Gasteiger partial charge in [-0.05, 0) is 25.0 Å². The third-order valence-electron chi connectivity index (χ3n) is 3.60. The van der Waals surface area contributed by atoms with Crippen molar-refractivity contribution in [1.29, 1.82) is 0 Å². The van der Waals surface area contributed by atoms with Gasteiger partial charge in [-0.1, -0.05) is 18.2 Å². The molecule has 1 saturated heterocycles. The van der Waals surface area contributed by atoms with Gasteiger partial charge in [0, 0.05) is 19.0 Å². The summed E-state index contributed by atoms with van der Waals surface area (Å²) >= 11 is 0. The highest BCUT2D eigenvalue weighted by molar-refractivity contribution is 7.86. The van der Waals surface area contributed by atoms with Crippen molar-refractivity contribution in [3.05, 3.63) is 30.3 Å². The first-order chi connectivity index (χ1) is 10.5. The van der Waals surface area contributed by atoms with Crippen molar-refractivity contribution in [1.82, 2.24) is 9.62 Å². The van der Waals surface area contributed by atoms with Gasteiger partial charge in [-0.25, -0.2) is 5.14 Å². The quantitative estimate of drug-likeness (QED) is 0.723. The predicted octanol–water partition coefficient (Wildman–Crippen LogP) is 0.0971. The summed E-state index contributed by atoms with van der Waals surface area (Å²) in [6.07, 6.45) is 0.976. The number of ether oxygens (including phenoxy) is 1. The summed E-state index contributed by atoms with van der Waals surface area (Å²) < 4.78 is 29.1. The Balaban J connectivity index is 1.66. The molecule has 1 fully saturated rings. The molecule has 22 heavy (non-hydrogen) atoms. The molecule has 0 aromatic heterocycles. The molecule has 1 aliphatic rings. The van der Waals surface area contributed by atoms with Crippen LogP contribution in [0.25, 0.3) is 0 Å². The van der Waals surface area contributed by atoms with Gasteiger partial charge < -0.3 is 10.1 Å². The molecule has 1 aromatic rings. The van der Waals surface area contributed by atoms with Gasteiger partial charge in [0.1, 0.15) is 12.4 Å². The zero-order valence-corrected chi connectivity index (χ0v) is 13.1. The largest absolute Gasteiger partial charge is 0.492 e. The van der Waals surface area contributed by atoms with Crippen molar-refractivity contribution in [3.8, 4) is 5.75 Å². The van der Waals surface area contributed by atoms with Crippen molar-refractivity contribution >= 4 is 16.1 Å². The second-order valence-electron chi connectivity index (χ2n) is 5.17. The third-order valence-corrected chi connectivity index (χ3v) is 4.68. The highest BCUT2D eigenvalue weighted by atomic mass is 32.2. The summed E-state index contributed by atoms with van der Waals surface area (Å²) in [5, 5.41) is 7.88. The van der Waals surface area contributed by atoms with Crippen molar-refractivity contribution in [3.63, 3.8) is 0 Å². The molecule has 1 amide bonds. The number of rotatable bonds is 6. The monoisotopic (exact) mass is 327 g/mol. The second kappa shape index (κ2) is 7.57. The number of benzene rings is 1.